The van der Waals surface area contributed by atoms with Gasteiger partial charge in [0.25, 0.3) is 0 Å². The number of carbonyl (C=O) groups excluding carboxylic acids is 2. The van der Waals surface area contributed by atoms with E-state index in [-0.39, 0.29) is 6.42 Å². The predicted octanol–water partition coefficient (Wildman–Crippen LogP) is 2.37. The first kappa shape index (κ1) is 17.5. The summed E-state index contributed by atoms with van der Waals surface area (Å²) in [7, 11) is 0. The van der Waals surface area contributed by atoms with E-state index in [0.29, 0.717) is 0 Å². The summed E-state index contributed by atoms with van der Waals surface area (Å²) in [4.78, 5) is 21.1. The Morgan fingerprint density at radius 1 is 0.737 bits per heavy atom. The maximum Gasteiger partial charge on any atom is 0.399 e. The van der Waals surface area contributed by atoms with Crippen molar-refractivity contribution in [2.45, 2.75) is 31.6 Å². The molecule has 0 unspecified atom stereocenters. The zero-order chi connectivity index (χ0) is 15.1. The molecule has 10 heteroatoms. The van der Waals surface area contributed by atoms with Gasteiger partial charge in [0.05, 0.1) is 13.2 Å². The lowest BCUT2D eigenvalue weighted by Crippen LogP contribution is -2.19. The molecule has 0 N–H and O–H groups in total. The Hall–Kier alpha value is -1.48. The molecule has 0 saturated heterocycles. The minimum Gasteiger partial charge on any atom is -0.465 e. The van der Waals surface area contributed by atoms with Gasteiger partial charge in [-0.05, 0) is 0 Å². The van der Waals surface area contributed by atoms with Gasteiger partial charge in [0, 0.05) is 6.42 Å². The summed E-state index contributed by atoms with van der Waals surface area (Å²) >= 11 is 0. The molecular weight excluding hydrogens is 286 g/mol. The summed E-state index contributed by atoms with van der Waals surface area (Å²) in [6, 6.07) is 0. The third-order valence-electron chi connectivity index (χ3n) is 1.50. The molecule has 0 rings (SSSR count). The Morgan fingerprint density at radius 3 is 1.32 bits per heavy atom. The maximum atomic E-state index is 11.7. The van der Waals surface area contributed by atoms with E-state index < -0.39 is 50.3 Å². The second-order valence-electron chi connectivity index (χ2n) is 3.38. The van der Waals surface area contributed by atoms with Crippen molar-refractivity contribution >= 4 is 11.9 Å². The fourth-order valence-corrected chi connectivity index (χ4v) is 0.860. The fraction of sp³-hybridized carbons (Fsp3) is 0.778. The SMILES string of the molecule is O=C(CC(F)(F)F)OCCCOC(=O)CC(F)(F)F. The molecule has 0 spiro atoms. The van der Waals surface area contributed by atoms with Gasteiger partial charge in [0.2, 0.25) is 0 Å². The maximum absolute atomic E-state index is 11.7. The van der Waals surface area contributed by atoms with Gasteiger partial charge in [0.15, 0.2) is 0 Å². The molecule has 0 aliphatic rings. The highest BCUT2D eigenvalue weighted by molar-refractivity contribution is 5.70. The lowest BCUT2D eigenvalue weighted by molar-refractivity contribution is -0.172. The zero-order valence-corrected chi connectivity index (χ0v) is 9.44. The second-order valence-corrected chi connectivity index (χ2v) is 3.38. The molecule has 0 amide bonds. The summed E-state index contributed by atoms with van der Waals surface area (Å²) < 4.78 is 78.3. The van der Waals surface area contributed by atoms with E-state index in [0.717, 1.165) is 0 Å². The molecule has 0 aliphatic carbocycles. The molecular formula is C9H10F6O4. The summed E-state index contributed by atoms with van der Waals surface area (Å²) in [6.07, 6.45) is -13.1. The van der Waals surface area contributed by atoms with Crippen LogP contribution in [0.25, 0.3) is 0 Å². The quantitative estimate of drug-likeness (QED) is 0.429. The van der Waals surface area contributed by atoms with Gasteiger partial charge >= 0.3 is 24.3 Å². The van der Waals surface area contributed by atoms with Crippen LogP contribution in [-0.4, -0.2) is 37.5 Å². The van der Waals surface area contributed by atoms with Crippen LogP contribution in [-0.2, 0) is 19.1 Å². The first-order valence-corrected chi connectivity index (χ1v) is 4.94. The van der Waals surface area contributed by atoms with E-state index in [1.807, 2.05) is 0 Å². The van der Waals surface area contributed by atoms with Crippen LogP contribution < -0.4 is 0 Å². The van der Waals surface area contributed by atoms with E-state index in [1.54, 1.807) is 0 Å². The number of carbonyl (C=O) groups is 2. The normalized spacial score (nSPS) is 12.1. The topological polar surface area (TPSA) is 52.6 Å². The monoisotopic (exact) mass is 296 g/mol. The summed E-state index contributed by atoms with van der Waals surface area (Å²) in [6.45, 7) is -0.956. The van der Waals surface area contributed by atoms with Crippen molar-refractivity contribution in [2.75, 3.05) is 13.2 Å². The van der Waals surface area contributed by atoms with Crippen molar-refractivity contribution in [3.05, 3.63) is 0 Å². The average Bonchev–Trinajstić information content (AvgIpc) is 2.10. The smallest absolute Gasteiger partial charge is 0.399 e. The van der Waals surface area contributed by atoms with E-state index in [2.05, 4.69) is 9.47 Å². The van der Waals surface area contributed by atoms with Crippen molar-refractivity contribution in [3.8, 4) is 0 Å². The first-order valence-electron chi connectivity index (χ1n) is 4.94. The fourth-order valence-electron chi connectivity index (χ4n) is 0.860. The van der Waals surface area contributed by atoms with Gasteiger partial charge in [-0.15, -0.1) is 0 Å². The standard InChI is InChI=1S/C9H10F6O4/c10-8(11,12)4-6(16)18-2-1-3-19-7(17)5-9(13,14)15/h1-5H2. The highest BCUT2D eigenvalue weighted by atomic mass is 19.4. The van der Waals surface area contributed by atoms with E-state index in [9.17, 15) is 35.9 Å². The Balaban J connectivity index is 3.61. The van der Waals surface area contributed by atoms with Gasteiger partial charge in [-0.25, -0.2) is 0 Å². The van der Waals surface area contributed by atoms with Crippen molar-refractivity contribution in [3.63, 3.8) is 0 Å². The van der Waals surface area contributed by atoms with E-state index >= 15 is 0 Å². The van der Waals surface area contributed by atoms with Gasteiger partial charge in [-0.2, -0.15) is 26.3 Å². The molecule has 0 heterocycles. The third-order valence-corrected chi connectivity index (χ3v) is 1.50. The van der Waals surface area contributed by atoms with Crippen LogP contribution >= 0.6 is 0 Å². The van der Waals surface area contributed by atoms with Crippen LogP contribution in [0.4, 0.5) is 26.3 Å². The minimum absolute atomic E-state index is 0.187. The van der Waals surface area contributed by atoms with Crippen LogP contribution in [0.1, 0.15) is 19.3 Å². The number of ether oxygens (including phenoxy) is 2. The Morgan fingerprint density at radius 2 is 1.05 bits per heavy atom. The average molecular weight is 296 g/mol. The lowest BCUT2D eigenvalue weighted by atomic mass is 10.4. The zero-order valence-electron chi connectivity index (χ0n) is 9.44. The van der Waals surface area contributed by atoms with Gasteiger partial charge in [-0.3, -0.25) is 9.59 Å². The summed E-state index contributed by atoms with van der Waals surface area (Å²) in [5.74, 6) is -3.01. The highest BCUT2D eigenvalue weighted by Crippen LogP contribution is 2.20. The van der Waals surface area contributed by atoms with Crippen molar-refractivity contribution in [2.24, 2.45) is 0 Å². The Labute approximate surface area is 103 Å². The molecule has 0 aromatic rings. The van der Waals surface area contributed by atoms with Crippen LogP contribution in [0, 0.1) is 0 Å². The van der Waals surface area contributed by atoms with Crippen molar-refractivity contribution in [1.82, 2.24) is 0 Å². The molecule has 112 valence electrons. The number of hydrogen-bond donors (Lipinski definition) is 0. The second kappa shape index (κ2) is 7.19. The number of rotatable bonds is 6. The summed E-state index contributed by atoms with van der Waals surface area (Å²) in [5, 5.41) is 0. The molecule has 4 nitrogen and oxygen atoms in total. The highest BCUT2D eigenvalue weighted by Gasteiger charge is 2.33. The largest absolute Gasteiger partial charge is 0.465 e. The van der Waals surface area contributed by atoms with Crippen LogP contribution in [0.3, 0.4) is 0 Å². The number of hydrogen-bond acceptors (Lipinski definition) is 4. The van der Waals surface area contributed by atoms with E-state index in [4.69, 9.17) is 0 Å². The lowest BCUT2D eigenvalue weighted by Gasteiger charge is -2.08. The van der Waals surface area contributed by atoms with Gasteiger partial charge in [-0.1, -0.05) is 0 Å². The molecule has 0 atom stereocenters. The number of esters is 2. The molecule has 0 radical (unpaired) electrons. The molecule has 0 aromatic carbocycles. The molecule has 0 bridgehead atoms. The molecule has 19 heavy (non-hydrogen) atoms. The Bertz CT molecular complexity index is 279. The molecule has 0 aromatic heterocycles. The minimum atomic E-state index is -4.68. The van der Waals surface area contributed by atoms with Gasteiger partial charge in [0.1, 0.15) is 12.8 Å². The van der Waals surface area contributed by atoms with Crippen LogP contribution in [0.2, 0.25) is 0 Å². The van der Waals surface area contributed by atoms with Crippen molar-refractivity contribution < 1.29 is 45.4 Å². The molecule has 0 fully saturated rings. The first-order chi connectivity index (χ1) is 8.49. The number of halogens is 6. The molecule has 0 saturated carbocycles. The van der Waals surface area contributed by atoms with E-state index in [1.165, 1.54) is 0 Å². The predicted molar refractivity (Wildman–Crippen MR) is 47.9 cm³/mol. The summed E-state index contributed by atoms with van der Waals surface area (Å²) in [5.41, 5.74) is 0. The Kier molecular flexibility index (Phi) is 6.63. The molecule has 0 aliphatic heterocycles. The number of alkyl halides is 6. The third kappa shape index (κ3) is 12.8. The van der Waals surface area contributed by atoms with Crippen LogP contribution in [0.5, 0.6) is 0 Å². The van der Waals surface area contributed by atoms with Crippen LogP contribution in [0.15, 0.2) is 0 Å². The van der Waals surface area contributed by atoms with Gasteiger partial charge < -0.3 is 9.47 Å². The van der Waals surface area contributed by atoms with Crippen molar-refractivity contribution in [1.29, 1.82) is 0 Å².